The summed E-state index contributed by atoms with van der Waals surface area (Å²) in [5.74, 6) is 0.637. The topological polar surface area (TPSA) is 37.4 Å². The Morgan fingerprint density at radius 3 is 2.18 bits per heavy atom. The quantitative estimate of drug-likeness (QED) is 0.848. The highest BCUT2D eigenvalue weighted by atomic mass is 32.2. The Morgan fingerprint density at radius 2 is 1.73 bits per heavy atom. The van der Waals surface area contributed by atoms with Crippen LogP contribution in [0.5, 0.6) is 0 Å². The highest BCUT2D eigenvalue weighted by Crippen LogP contribution is 2.66. The van der Waals surface area contributed by atoms with Gasteiger partial charge in [0.25, 0.3) is 0 Å². The lowest BCUT2D eigenvalue weighted by atomic mass is 9.69. The predicted octanol–water partition coefficient (Wildman–Crippen LogP) is 3.83. The molecule has 3 nitrogen and oxygen atoms in total. The second kappa shape index (κ2) is 4.81. The van der Waals surface area contributed by atoms with E-state index in [9.17, 15) is 8.42 Å². The third kappa shape index (κ3) is 2.00. The Bertz CT molecular complexity index is 678. The van der Waals surface area contributed by atoms with Gasteiger partial charge in [0.05, 0.1) is 4.90 Å². The van der Waals surface area contributed by atoms with E-state index in [1.54, 1.807) is 23.5 Å². The lowest BCUT2D eigenvalue weighted by molar-refractivity contribution is 0.0941. The first-order valence-electron chi connectivity index (χ1n) is 8.15. The fourth-order valence-electron chi connectivity index (χ4n) is 4.76. The van der Waals surface area contributed by atoms with Crippen molar-refractivity contribution in [1.82, 2.24) is 4.31 Å². The molecule has 1 aromatic carbocycles. The molecule has 0 N–H and O–H groups in total. The van der Waals surface area contributed by atoms with Crippen molar-refractivity contribution in [2.24, 2.45) is 16.7 Å². The van der Waals surface area contributed by atoms with E-state index in [2.05, 4.69) is 20.8 Å². The molecule has 4 heteroatoms. The number of aryl methyl sites for hydroxylation is 1. The molecular formula is C18H27NO2S. The van der Waals surface area contributed by atoms with Crippen LogP contribution in [-0.2, 0) is 10.0 Å². The monoisotopic (exact) mass is 321 g/mol. The Morgan fingerprint density at radius 1 is 1.14 bits per heavy atom. The first kappa shape index (κ1) is 16.0. The van der Waals surface area contributed by atoms with Crippen LogP contribution >= 0.6 is 0 Å². The molecule has 0 aliphatic heterocycles. The molecule has 0 aromatic heterocycles. The van der Waals surface area contributed by atoms with Crippen molar-refractivity contribution in [2.75, 3.05) is 7.05 Å². The molecule has 0 amide bonds. The van der Waals surface area contributed by atoms with Gasteiger partial charge >= 0.3 is 0 Å². The SMILES string of the molecule is Cc1ccc(S(=O)(=O)N(C)C2CC3CCC2(C)C3(C)C)cc1. The zero-order valence-electron chi connectivity index (χ0n) is 14.3. The van der Waals surface area contributed by atoms with E-state index in [0.717, 1.165) is 18.4 Å². The number of fused-ring (bicyclic) bond motifs is 2. The average molecular weight is 321 g/mol. The number of hydrogen-bond acceptors (Lipinski definition) is 2. The third-order valence-corrected chi connectivity index (χ3v) is 8.77. The molecule has 22 heavy (non-hydrogen) atoms. The van der Waals surface area contributed by atoms with Gasteiger partial charge in [0.2, 0.25) is 10.0 Å². The zero-order chi connectivity index (χ0) is 16.3. The van der Waals surface area contributed by atoms with Crippen LogP contribution in [-0.4, -0.2) is 25.8 Å². The molecule has 2 bridgehead atoms. The van der Waals surface area contributed by atoms with Crippen molar-refractivity contribution in [1.29, 1.82) is 0 Å². The summed E-state index contributed by atoms with van der Waals surface area (Å²) in [6, 6.07) is 7.29. The first-order chi connectivity index (χ1) is 10.1. The molecule has 122 valence electrons. The predicted molar refractivity (Wildman–Crippen MR) is 89.1 cm³/mol. The second-order valence-electron chi connectivity index (χ2n) is 7.96. The Hall–Kier alpha value is -0.870. The number of rotatable bonds is 3. The summed E-state index contributed by atoms with van der Waals surface area (Å²) < 4.78 is 27.6. The highest BCUT2D eigenvalue weighted by Gasteiger charge is 2.63. The molecular weight excluding hydrogens is 294 g/mol. The molecule has 3 rings (SSSR count). The highest BCUT2D eigenvalue weighted by molar-refractivity contribution is 7.89. The molecule has 0 spiro atoms. The number of sulfonamides is 1. The average Bonchev–Trinajstić information content (AvgIpc) is 2.79. The van der Waals surface area contributed by atoms with Crippen molar-refractivity contribution < 1.29 is 8.42 Å². The Kier molecular flexibility index (Phi) is 3.50. The van der Waals surface area contributed by atoms with Crippen LogP contribution in [0.4, 0.5) is 0 Å². The van der Waals surface area contributed by atoms with E-state index in [1.807, 2.05) is 19.1 Å². The summed E-state index contributed by atoms with van der Waals surface area (Å²) in [5.41, 5.74) is 1.37. The van der Waals surface area contributed by atoms with E-state index in [4.69, 9.17) is 0 Å². The van der Waals surface area contributed by atoms with Crippen molar-refractivity contribution in [3.63, 3.8) is 0 Å². The molecule has 3 unspecified atom stereocenters. The molecule has 2 aliphatic rings. The van der Waals surface area contributed by atoms with Crippen LogP contribution in [0.15, 0.2) is 29.2 Å². The number of nitrogens with zero attached hydrogens (tertiary/aromatic N) is 1. The molecule has 2 saturated carbocycles. The number of benzene rings is 1. The molecule has 2 aliphatic carbocycles. The lowest BCUT2D eigenvalue weighted by Gasteiger charge is -2.42. The summed E-state index contributed by atoms with van der Waals surface area (Å²) >= 11 is 0. The lowest BCUT2D eigenvalue weighted by Crippen LogP contribution is -2.47. The van der Waals surface area contributed by atoms with Crippen LogP contribution in [0.25, 0.3) is 0 Å². The normalized spacial score (nSPS) is 33.5. The van der Waals surface area contributed by atoms with Crippen molar-refractivity contribution >= 4 is 10.0 Å². The standard InChI is InChI=1S/C18H27NO2S/c1-13-6-8-15(9-7-13)22(20,21)19(5)16-12-14-10-11-18(16,4)17(14,2)3/h6-9,14,16H,10-12H2,1-5H3. The zero-order valence-corrected chi connectivity index (χ0v) is 15.1. The van der Waals surface area contributed by atoms with E-state index < -0.39 is 10.0 Å². The fourth-order valence-corrected chi connectivity index (χ4v) is 6.22. The molecule has 0 radical (unpaired) electrons. The van der Waals surface area contributed by atoms with Gasteiger partial charge in [-0.2, -0.15) is 4.31 Å². The van der Waals surface area contributed by atoms with Gasteiger partial charge in [-0.1, -0.05) is 38.5 Å². The minimum Gasteiger partial charge on any atom is -0.207 e. The smallest absolute Gasteiger partial charge is 0.207 e. The van der Waals surface area contributed by atoms with Crippen molar-refractivity contribution in [3.8, 4) is 0 Å². The summed E-state index contributed by atoms with van der Waals surface area (Å²) in [7, 11) is -1.65. The van der Waals surface area contributed by atoms with Gasteiger partial charge in [-0.05, 0) is 55.1 Å². The van der Waals surface area contributed by atoms with Crippen molar-refractivity contribution in [2.45, 2.75) is 57.9 Å². The van der Waals surface area contributed by atoms with Crippen molar-refractivity contribution in [3.05, 3.63) is 29.8 Å². The van der Waals surface area contributed by atoms with Crippen LogP contribution < -0.4 is 0 Å². The fraction of sp³-hybridized carbons (Fsp3) is 0.667. The van der Waals surface area contributed by atoms with Crippen LogP contribution in [0.2, 0.25) is 0 Å². The maximum Gasteiger partial charge on any atom is 0.243 e. The molecule has 1 aromatic rings. The van der Waals surface area contributed by atoms with E-state index in [0.29, 0.717) is 10.8 Å². The summed E-state index contributed by atoms with van der Waals surface area (Å²) in [6.07, 6.45) is 3.35. The van der Waals surface area contributed by atoms with E-state index in [-0.39, 0.29) is 16.9 Å². The largest absolute Gasteiger partial charge is 0.243 e. The van der Waals surface area contributed by atoms with E-state index in [1.165, 1.54) is 6.42 Å². The van der Waals surface area contributed by atoms with Gasteiger partial charge in [0.15, 0.2) is 0 Å². The summed E-state index contributed by atoms with van der Waals surface area (Å²) in [6.45, 7) is 8.89. The first-order valence-corrected chi connectivity index (χ1v) is 9.59. The maximum atomic E-state index is 13.0. The van der Waals surface area contributed by atoms with Gasteiger partial charge in [0, 0.05) is 13.1 Å². The minimum atomic E-state index is -3.42. The second-order valence-corrected chi connectivity index (χ2v) is 9.96. The summed E-state index contributed by atoms with van der Waals surface area (Å²) in [4.78, 5) is 0.407. The molecule has 3 atom stereocenters. The van der Waals surface area contributed by atoms with Gasteiger partial charge < -0.3 is 0 Å². The van der Waals surface area contributed by atoms with E-state index >= 15 is 0 Å². The minimum absolute atomic E-state index is 0.0736. The summed E-state index contributed by atoms with van der Waals surface area (Å²) in [5, 5.41) is 0. The Labute approximate surface area is 134 Å². The molecule has 2 fully saturated rings. The van der Waals surface area contributed by atoms with Crippen LogP contribution in [0.1, 0.15) is 45.6 Å². The van der Waals surface area contributed by atoms with Crippen LogP contribution in [0, 0.1) is 23.7 Å². The van der Waals surface area contributed by atoms with Gasteiger partial charge in [-0.25, -0.2) is 8.42 Å². The van der Waals surface area contributed by atoms with Gasteiger partial charge in [-0.3, -0.25) is 0 Å². The maximum absolute atomic E-state index is 13.0. The van der Waals surface area contributed by atoms with Crippen LogP contribution in [0.3, 0.4) is 0 Å². The third-order valence-electron chi connectivity index (χ3n) is 6.88. The number of hydrogen-bond donors (Lipinski definition) is 0. The molecule has 0 heterocycles. The van der Waals surface area contributed by atoms with Gasteiger partial charge in [-0.15, -0.1) is 0 Å². The van der Waals surface area contributed by atoms with Gasteiger partial charge in [0.1, 0.15) is 0 Å². The Balaban J connectivity index is 1.95. The molecule has 0 saturated heterocycles.